The molecule has 0 spiro atoms. The second-order valence-electron chi connectivity index (χ2n) is 4.63. The first-order valence-electron chi connectivity index (χ1n) is 6.24. The smallest absolute Gasteiger partial charge is 0.258 e. The van der Waals surface area contributed by atoms with Crippen LogP contribution in [0.1, 0.15) is 23.7 Å². The van der Waals surface area contributed by atoms with E-state index in [2.05, 4.69) is 5.32 Å². The fourth-order valence-electron chi connectivity index (χ4n) is 2.21. The number of piperazine rings is 1. The summed E-state index contributed by atoms with van der Waals surface area (Å²) in [6, 6.07) is 0.522. The van der Waals surface area contributed by atoms with Crippen molar-refractivity contribution in [3.63, 3.8) is 0 Å². The van der Waals surface area contributed by atoms with Crippen molar-refractivity contribution >= 4 is 23.4 Å². The average Bonchev–Trinajstić information content (AvgIpc) is 2.41. The Morgan fingerprint density at radius 1 is 1.43 bits per heavy atom. The molecule has 0 saturated carbocycles. The number of nitrogen functional groups attached to an aromatic ring is 1. The lowest BCUT2D eigenvalue weighted by Crippen LogP contribution is -2.59. The van der Waals surface area contributed by atoms with Gasteiger partial charge in [-0.1, -0.05) is 6.92 Å². The highest BCUT2D eigenvalue weighted by Gasteiger charge is 2.37. The van der Waals surface area contributed by atoms with Crippen molar-refractivity contribution in [1.82, 2.24) is 10.2 Å². The Kier molecular flexibility index (Phi) is 3.88. The molecule has 112 valence electrons. The summed E-state index contributed by atoms with van der Waals surface area (Å²) in [5.41, 5.74) is 4.16. The summed E-state index contributed by atoms with van der Waals surface area (Å²) in [4.78, 5) is 36.3. The minimum Gasteiger partial charge on any atom is -0.396 e. The van der Waals surface area contributed by atoms with Crippen LogP contribution in [0.5, 0.6) is 0 Å². The van der Waals surface area contributed by atoms with Crippen molar-refractivity contribution in [3.05, 3.63) is 29.3 Å². The highest BCUT2D eigenvalue weighted by molar-refractivity contribution is 6.07. The number of halogens is 2. The van der Waals surface area contributed by atoms with E-state index in [-0.39, 0.29) is 6.42 Å². The van der Waals surface area contributed by atoms with Gasteiger partial charge in [-0.15, -0.1) is 0 Å². The molecule has 0 aliphatic carbocycles. The van der Waals surface area contributed by atoms with Crippen LogP contribution in [0.4, 0.5) is 14.5 Å². The summed E-state index contributed by atoms with van der Waals surface area (Å²) in [5, 5.41) is 2.09. The van der Waals surface area contributed by atoms with Gasteiger partial charge in [0, 0.05) is 0 Å². The lowest BCUT2D eigenvalue weighted by Gasteiger charge is -2.33. The minimum atomic E-state index is -1.07. The zero-order chi connectivity index (χ0) is 15.7. The number of carbonyl (C=O) groups is 3. The zero-order valence-electron chi connectivity index (χ0n) is 11.2. The Balaban J connectivity index is 2.42. The van der Waals surface area contributed by atoms with Crippen LogP contribution < -0.4 is 11.1 Å². The summed E-state index contributed by atoms with van der Waals surface area (Å²) in [5.74, 6) is -4.23. The second kappa shape index (κ2) is 5.47. The molecule has 1 aromatic rings. The summed E-state index contributed by atoms with van der Waals surface area (Å²) >= 11 is 0. The Labute approximate surface area is 118 Å². The molecule has 1 aliphatic rings. The van der Waals surface area contributed by atoms with Crippen molar-refractivity contribution in [2.45, 2.75) is 19.4 Å². The molecule has 0 bridgehead atoms. The molecule has 1 atom stereocenters. The van der Waals surface area contributed by atoms with Gasteiger partial charge in [-0.2, -0.15) is 0 Å². The van der Waals surface area contributed by atoms with Gasteiger partial charge in [0.25, 0.3) is 5.91 Å². The van der Waals surface area contributed by atoms with Gasteiger partial charge in [0.2, 0.25) is 11.8 Å². The van der Waals surface area contributed by atoms with E-state index >= 15 is 0 Å². The number of imide groups is 1. The molecule has 1 saturated heterocycles. The van der Waals surface area contributed by atoms with E-state index in [0.717, 1.165) is 11.0 Å². The fraction of sp³-hybridized carbons (Fsp3) is 0.308. The first-order chi connectivity index (χ1) is 9.85. The third-order valence-electron chi connectivity index (χ3n) is 3.20. The molecule has 1 unspecified atom stereocenters. The molecule has 0 radical (unpaired) electrons. The number of benzene rings is 1. The molecule has 8 heteroatoms. The molecule has 1 fully saturated rings. The van der Waals surface area contributed by atoms with Crippen molar-refractivity contribution in [2.75, 3.05) is 12.3 Å². The predicted molar refractivity (Wildman–Crippen MR) is 69.0 cm³/mol. The molecule has 1 aliphatic heterocycles. The number of rotatable bonds is 2. The van der Waals surface area contributed by atoms with Gasteiger partial charge in [-0.25, -0.2) is 8.78 Å². The molecule has 3 amide bonds. The second-order valence-corrected chi connectivity index (χ2v) is 4.63. The molecule has 0 aromatic heterocycles. The number of nitrogens with zero attached hydrogens (tertiary/aromatic N) is 1. The van der Waals surface area contributed by atoms with Crippen molar-refractivity contribution in [1.29, 1.82) is 0 Å². The van der Waals surface area contributed by atoms with Crippen LogP contribution in [-0.4, -0.2) is 35.2 Å². The van der Waals surface area contributed by atoms with Crippen LogP contribution in [0, 0.1) is 11.6 Å². The fourth-order valence-corrected chi connectivity index (χ4v) is 2.21. The quantitative estimate of drug-likeness (QED) is 0.611. The summed E-state index contributed by atoms with van der Waals surface area (Å²) in [6.45, 7) is 1.23. The van der Waals surface area contributed by atoms with Crippen LogP contribution in [0.3, 0.4) is 0 Å². The summed E-state index contributed by atoms with van der Waals surface area (Å²) in [7, 11) is 0. The van der Waals surface area contributed by atoms with Crippen LogP contribution >= 0.6 is 0 Å². The molecule has 21 heavy (non-hydrogen) atoms. The Morgan fingerprint density at radius 2 is 2.10 bits per heavy atom. The number of hydrogen-bond acceptors (Lipinski definition) is 4. The van der Waals surface area contributed by atoms with E-state index in [4.69, 9.17) is 5.73 Å². The van der Waals surface area contributed by atoms with Crippen molar-refractivity contribution < 1.29 is 23.2 Å². The highest BCUT2D eigenvalue weighted by Crippen LogP contribution is 2.21. The number of nitrogens with two attached hydrogens (primary N) is 1. The number of hydrogen-bond donors (Lipinski definition) is 2. The molecular weight excluding hydrogens is 284 g/mol. The maximum Gasteiger partial charge on any atom is 0.258 e. The van der Waals surface area contributed by atoms with E-state index in [1.165, 1.54) is 0 Å². The van der Waals surface area contributed by atoms with Crippen LogP contribution in [0.15, 0.2) is 12.1 Å². The van der Waals surface area contributed by atoms with E-state index in [9.17, 15) is 23.2 Å². The van der Waals surface area contributed by atoms with Gasteiger partial charge in [0.15, 0.2) is 5.82 Å². The van der Waals surface area contributed by atoms with Crippen molar-refractivity contribution in [3.8, 4) is 0 Å². The normalized spacial score (nSPS) is 18.6. The number of anilines is 1. The third-order valence-corrected chi connectivity index (χ3v) is 3.20. The third kappa shape index (κ3) is 2.69. The molecular formula is C13H13F2N3O3. The first-order valence-corrected chi connectivity index (χ1v) is 6.24. The molecule has 2 rings (SSSR count). The Hall–Kier alpha value is -2.51. The summed E-state index contributed by atoms with van der Waals surface area (Å²) in [6.07, 6.45) is 0.233. The van der Waals surface area contributed by atoms with Gasteiger partial charge < -0.3 is 10.6 Å². The van der Waals surface area contributed by atoms with Gasteiger partial charge in [0.1, 0.15) is 18.4 Å². The lowest BCUT2D eigenvalue weighted by molar-refractivity contribution is -0.138. The Morgan fingerprint density at radius 3 is 2.71 bits per heavy atom. The standard InChI is InChI=1S/C13H13F2N3O3/c1-2-9-12(20)17-10(19)5-18(9)13(21)7-3-6(14)4-8(16)11(7)15/h3-4,9H,2,5,16H2,1H3,(H,17,19,20). The first kappa shape index (κ1) is 14.9. The highest BCUT2D eigenvalue weighted by atomic mass is 19.1. The zero-order valence-corrected chi connectivity index (χ0v) is 11.2. The minimum absolute atomic E-state index is 0.233. The SMILES string of the molecule is CCC1C(=O)NC(=O)CN1C(=O)c1cc(F)cc(N)c1F. The lowest BCUT2D eigenvalue weighted by atomic mass is 10.1. The van der Waals surface area contributed by atoms with E-state index < -0.39 is 53.2 Å². The van der Waals surface area contributed by atoms with Crippen LogP contribution in [0.2, 0.25) is 0 Å². The number of nitrogens with one attached hydrogen (secondary N) is 1. The van der Waals surface area contributed by atoms with Crippen molar-refractivity contribution in [2.24, 2.45) is 0 Å². The summed E-state index contributed by atoms with van der Waals surface area (Å²) < 4.78 is 27.2. The average molecular weight is 297 g/mol. The molecule has 1 heterocycles. The Bertz CT molecular complexity index is 633. The van der Waals surface area contributed by atoms with E-state index in [0.29, 0.717) is 6.07 Å². The van der Waals surface area contributed by atoms with E-state index in [1.54, 1.807) is 6.92 Å². The monoisotopic (exact) mass is 297 g/mol. The van der Waals surface area contributed by atoms with E-state index in [1.807, 2.05) is 0 Å². The van der Waals surface area contributed by atoms with Gasteiger partial charge in [-0.05, 0) is 18.6 Å². The topological polar surface area (TPSA) is 92.5 Å². The van der Waals surface area contributed by atoms with Gasteiger partial charge in [-0.3, -0.25) is 19.7 Å². The number of amides is 3. The van der Waals surface area contributed by atoms with Crippen LogP contribution in [0.25, 0.3) is 0 Å². The van der Waals surface area contributed by atoms with Crippen LogP contribution in [-0.2, 0) is 9.59 Å². The van der Waals surface area contributed by atoms with Gasteiger partial charge in [0.05, 0.1) is 11.3 Å². The largest absolute Gasteiger partial charge is 0.396 e. The maximum absolute atomic E-state index is 13.9. The molecule has 6 nitrogen and oxygen atoms in total. The molecule has 1 aromatic carbocycles. The predicted octanol–water partition coefficient (Wildman–Crippen LogP) is 0.424. The van der Waals surface area contributed by atoms with Gasteiger partial charge >= 0.3 is 0 Å². The maximum atomic E-state index is 13.9. The molecule has 3 N–H and O–H groups in total. The number of carbonyl (C=O) groups excluding carboxylic acids is 3.